The predicted molar refractivity (Wildman–Crippen MR) is 83.6 cm³/mol. The Morgan fingerprint density at radius 2 is 1.81 bits per heavy atom. The van der Waals surface area contributed by atoms with Gasteiger partial charge in [-0.3, -0.25) is 0 Å². The van der Waals surface area contributed by atoms with Crippen molar-refractivity contribution in [2.24, 2.45) is 0 Å². The number of ether oxygens (including phenoxy) is 2. The summed E-state index contributed by atoms with van der Waals surface area (Å²) in [6.07, 6.45) is 1.57. The SMILES string of the molecule is CCOC(=O)C(=CCN(CC)c1cccs1)C(=O)OCC. The number of esters is 2. The molecule has 0 N–H and O–H groups in total. The van der Waals surface area contributed by atoms with Gasteiger partial charge in [0.05, 0.1) is 18.2 Å². The molecular formula is C15H21NO4S. The standard InChI is InChI=1S/C15H21NO4S/c1-4-16(13-8-7-11-21-13)10-9-12(14(17)19-5-2)15(18)20-6-3/h7-9,11H,4-6,10H2,1-3H3. The Balaban J connectivity index is 2.86. The van der Waals surface area contributed by atoms with Crippen molar-refractivity contribution in [3.05, 3.63) is 29.2 Å². The summed E-state index contributed by atoms with van der Waals surface area (Å²) >= 11 is 1.61. The quantitative estimate of drug-likeness (QED) is 0.320. The van der Waals surface area contributed by atoms with Crippen LogP contribution >= 0.6 is 11.3 Å². The predicted octanol–water partition coefficient (Wildman–Crippen LogP) is 2.63. The van der Waals surface area contributed by atoms with Gasteiger partial charge < -0.3 is 14.4 Å². The maximum Gasteiger partial charge on any atom is 0.345 e. The third kappa shape index (κ3) is 5.23. The number of nitrogens with zero attached hydrogens (tertiary/aromatic N) is 1. The van der Waals surface area contributed by atoms with Crippen LogP contribution in [-0.4, -0.2) is 38.2 Å². The number of likely N-dealkylation sites (N-methyl/N-ethyl adjacent to an activating group) is 1. The average Bonchev–Trinajstić information content (AvgIpc) is 2.98. The summed E-state index contributed by atoms with van der Waals surface area (Å²) in [5.41, 5.74) is -0.0475. The van der Waals surface area contributed by atoms with E-state index in [1.165, 1.54) is 0 Å². The molecule has 0 bridgehead atoms. The summed E-state index contributed by atoms with van der Waals surface area (Å²) in [6, 6.07) is 3.96. The van der Waals surface area contributed by atoms with E-state index >= 15 is 0 Å². The van der Waals surface area contributed by atoms with Crippen LogP contribution in [0.3, 0.4) is 0 Å². The van der Waals surface area contributed by atoms with E-state index in [0.717, 1.165) is 11.5 Å². The first-order valence-electron chi connectivity index (χ1n) is 6.96. The molecule has 21 heavy (non-hydrogen) atoms. The Morgan fingerprint density at radius 1 is 1.19 bits per heavy atom. The van der Waals surface area contributed by atoms with Gasteiger partial charge in [0.25, 0.3) is 0 Å². The van der Waals surface area contributed by atoms with Gasteiger partial charge in [-0.25, -0.2) is 9.59 Å². The number of thiophene rings is 1. The van der Waals surface area contributed by atoms with E-state index in [0.29, 0.717) is 6.54 Å². The zero-order valence-corrected chi connectivity index (χ0v) is 13.4. The number of carbonyl (C=O) groups excluding carboxylic acids is 2. The lowest BCUT2D eigenvalue weighted by Gasteiger charge is -2.19. The molecule has 0 aromatic carbocycles. The van der Waals surface area contributed by atoms with Gasteiger partial charge >= 0.3 is 11.9 Å². The smallest absolute Gasteiger partial charge is 0.345 e. The van der Waals surface area contributed by atoms with Gasteiger partial charge in [0, 0.05) is 13.1 Å². The average molecular weight is 311 g/mol. The molecule has 1 aromatic rings. The number of hydrogen-bond acceptors (Lipinski definition) is 6. The summed E-state index contributed by atoms with van der Waals surface area (Å²) in [4.78, 5) is 25.7. The zero-order valence-electron chi connectivity index (χ0n) is 12.6. The summed E-state index contributed by atoms with van der Waals surface area (Å²) in [6.45, 7) is 7.08. The van der Waals surface area contributed by atoms with Gasteiger partial charge in [-0.2, -0.15) is 0 Å². The molecule has 6 heteroatoms. The van der Waals surface area contributed by atoms with Crippen molar-refractivity contribution >= 4 is 28.3 Å². The molecular weight excluding hydrogens is 290 g/mol. The lowest BCUT2D eigenvalue weighted by Crippen LogP contribution is -2.25. The van der Waals surface area contributed by atoms with Crippen molar-refractivity contribution < 1.29 is 19.1 Å². The van der Waals surface area contributed by atoms with Crippen LogP contribution in [0.1, 0.15) is 20.8 Å². The Hall–Kier alpha value is -1.82. The van der Waals surface area contributed by atoms with Gasteiger partial charge in [0.1, 0.15) is 5.57 Å². The Labute approximate surface area is 129 Å². The first-order chi connectivity index (χ1) is 10.1. The molecule has 0 aliphatic carbocycles. The van der Waals surface area contributed by atoms with Gasteiger partial charge in [0.2, 0.25) is 0 Å². The lowest BCUT2D eigenvalue weighted by atomic mass is 10.2. The molecule has 0 amide bonds. The minimum Gasteiger partial charge on any atom is -0.462 e. The van der Waals surface area contributed by atoms with Crippen molar-refractivity contribution in [3.63, 3.8) is 0 Å². The maximum absolute atomic E-state index is 11.8. The second-order valence-electron chi connectivity index (χ2n) is 4.05. The van der Waals surface area contributed by atoms with Crippen LogP contribution in [0.15, 0.2) is 29.2 Å². The molecule has 0 atom stereocenters. The first kappa shape index (κ1) is 17.2. The minimum atomic E-state index is -0.641. The Kier molecular flexibility index (Phi) is 7.53. The molecule has 0 aliphatic heterocycles. The summed E-state index contributed by atoms with van der Waals surface area (Å²) < 4.78 is 9.81. The number of anilines is 1. The fourth-order valence-electron chi connectivity index (χ4n) is 1.69. The topological polar surface area (TPSA) is 55.8 Å². The molecule has 116 valence electrons. The highest BCUT2D eigenvalue weighted by molar-refractivity contribution is 7.14. The van der Waals surface area contributed by atoms with E-state index in [-0.39, 0.29) is 18.8 Å². The van der Waals surface area contributed by atoms with E-state index in [1.54, 1.807) is 31.3 Å². The molecule has 0 aliphatic rings. The summed E-state index contributed by atoms with van der Waals surface area (Å²) in [5, 5.41) is 3.07. The first-order valence-corrected chi connectivity index (χ1v) is 7.84. The van der Waals surface area contributed by atoms with Crippen molar-refractivity contribution in [2.45, 2.75) is 20.8 Å². The molecule has 1 heterocycles. The molecule has 0 fully saturated rings. The maximum atomic E-state index is 11.8. The van der Waals surface area contributed by atoms with Crippen LogP contribution < -0.4 is 4.90 Å². The highest BCUT2D eigenvalue weighted by Crippen LogP contribution is 2.21. The van der Waals surface area contributed by atoms with Gasteiger partial charge in [-0.1, -0.05) is 0 Å². The van der Waals surface area contributed by atoms with Crippen molar-refractivity contribution in [1.29, 1.82) is 0 Å². The number of rotatable bonds is 8. The van der Waals surface area contributed by atoms with E-state index in [1.807, 2.05) is 24.4 Å². The van der Waals surface area contributed by atoms with Crippen molar-refractivity contribution in [3.8, 4) is 0 Å². The van der Waals surface area contributed by atoms with E-state index in [2.05, 4.69) is 4.90 Å². The third-order valence-corrected chi connectivity index (χ3v) is 3.64. The van der Waals surface area contributed by atoms with Gasteiger partial charge in [-0.05, 0) is 44.4 Å². The number of hydrogen-bond donors (Lipinski definition) is 0. The molecule has 5 nitrogen and oxygen atoms in total. The van der Waals surface area contributed by atoms with Crippen LogP contribution in [0.25, 0.3) is 0 Å². The molecule has 0 unspecified atom stereocenters. The lowest BCUT2D eigenvalue weighted by molar-refractivity contribution is -0.146. The van der Waals surface area contributed by atoms with Gasteiger partial charge in [-0.15, -0.1) is 11.3 Å². The molecule has 1 aromatic heterocycles. The Bertz CT molecular complexity index is 462. The highest BCUT2D eigenvalue weighted by atomic mass is 32.1. The Morgan fingerprint density at radius 3 is 2.24 bits per heavy atom. The normalized spacial score (nSPS) is 9.86. The molecule has 0 spiro atoms. The monoisotopic (exact) mass is 311 g/mol. The van der Waals surface area contributed by atoms with Crippen molar-refractivity contribution in [2.75, 3.05) is 31.2 Å². The molecule has 1 rings (SSSR count). The van der Waals surface area contributed by atoms with Crippen LogP contribution in [0.4, 0.5) is 5.00 Å². The van der Waals surface area contributed by atoms with Crippen molar-refractivity contribution in [1.82, 2.24) is 0 Å². The minimum absolute atomic E-state index is 0.0475. The molecule has 0 saturated heterocycles. The summed E-state index contributed by atoms with van der Waals surface area (Å²) in [7, 11) is 0. The fourth-order valence-corrected chi connectivity index (χ4v) is 2.50. The van der Waals surface area contributed by atoms with E-state index in [4.69, 9.17) is 9.47 Å². The van der Waals surface area contributed by atoms with E-state index in [9.17, 15) is 9.59 Å². The van der Waals surface area contributed by atoms with Crippen LogP contribution in [0, 0.1) is 0 Å². The second-order valence-corrected chi connectivity index (χ2v) is 4.97. The van der Waals surface area contributed by atoms with Crippen LogP contribution in [0.5, 0.6) is 0 Å². The summed E-state index contributed by atoms with van der Waals surface area (Å²) in [5.74, 6) is -1.28. The highest BCUT2D eigenvalue weighted by Gasteiger charge is 2.21. The largest absolute Gasteiger partial charge is 0.462 e. The van der Waals surface area contributed by atoms with Crippen LogP contribution in [0.2, 0.25) is 0 Å². The molecule has 0 radical (unpaired) electrons. The number of carbonyl (C=O) groups is 2. The van der Waals surface area contributed by atoms with Gasteiger partial charge in [0.15, 0.2) is 0 Å². The third-order valence-electron chi connectivity index (χ3n) is 2.71. The zero-order chi connectivity index (χ0) is 15.7. The molecule has 0 saturated carbocycles. The second kappa shape index (κ2) is 9.18. The fraction of sp³-hybridized carbons (Fsp3) is 0.467. The van der Waals surface area contributed by atoms with E-state index < -0.39 is 11.9 Å². The van der Waals surface area contributed by atoms with Crippen LogP contribution in [-0.2, 0) is 19.1 Å².